The molecule has 0 saturated heterocycles. The van der Waals surface area contributed by atoms with E-state index in [9.17, 15) is 4.79 Å². The van der Waals surface area contributed by atoms with Crippen LogP contribution in [0.5, 0.6) is 11.5 Å². The molecule has 0 saturated carbocycles. The first-order valence-electron chi connectivity index (χ1n) is 7.00. The Hall–Kier alpha value is -2.08. The average molecular weight is 316 g/mol. The van der Waals surface area contributed by atoms with E-state index in [0.29, 0.717) is 41.9 Å². The van der Waals surface area contributed by atoms with Gasteiger partial charge in [-0.25, -0.2) is 9.97 Å². The zero-order valence-electron chi connectivity index (χ0n) is 12.5. The maximum absolute atomic E-state index is 12.3. The summed E-state index contributed by atoms with van der Waals surface area (Å²) in [6.45, 7) is 4.82. The first-order valence-corrected chi connectivity index (χ1v) is 7.98. The van der Waals surface area contributed by atoms with Crippen LogP contribution in [-0.2, 0) is 0 Å². The zero-order valence-corrected chi connectivity index (χ0v) is 13.3. The summed E-state index contributed by atoms with van der Waals surface area (Å²) in [7, 11) is 0. The predicted octanol–water partition coefficient (Wildman–Crippen LogP) is 2.84. The first-order chi connectivity index (χ1) is 10.6. The molecule has 0 N–H and O–H groups in total. The molecule has 6 heteroatoms. The molecule has 1 aromatic carbocycles. The second-order valence-corrected chi connectivity index (χ2v) is 5.96. The van der Waals surface area contributed by atoms with E-state index in [1.165, 1.54) is 11.8 Å². The Balaban J connectivity index is 1.69. The lowest BCUT2D eigenvalue weighted by atomic mass is 10.1. The fourth-order valence-corrected chi connectivity index (χ4v) is 3.09. The van der Waals surface area contributed by atoms with Crippen LogP contribution < -0.4 is 9.47 Å². The van der Waals surface area contributed by atoms with Crippen LogP contribution in [0.2, 0.25) is 0 Å². The third-order valence-corrected chi connectivity index (χ3v) is 4.07. The Bertz CT molecular complexity index is 698. The second kappa shape index (κ2) is 6.36. The van der Waals surface area contributed by atoms with Crippen molar-refractivity contribution >= 4 is 17.5 Å². The molecule has 22 heavy (non-hydrogen) atoms. The van der Waals surface area contributed by atoms with E-state index in [-0.39, 0.29) is 5.78 Å². The summed E-state index contributed by atoms with van der Waals surface area (Å²) in [5.41, 5.74) is 1.53. The molecule has 3 rings (SSSR count). The van der Waals surface area contributed by atoms with Gasteiger partial charge in [0.2, 0.25) is 0 Å². The molecule has 0 atom stereocenters. The average Bonchev–Trinajstić information content (AvgIpc) is 2.51. The van der Waals surface area contributed by atoms with Gasteiger partial charge in [-0.1, -0.05) is 11.8 Å². The van der Waals surface area contributed by atoms with Crippen LogP contribution in [0.25, 0.3) is 0 Å². The Morgan fingerprint density at radius 1 is 1.14 bits per heavy atom. The van der Waals surface area contributed by atoms with E-state index in [1.54, 1.807) is 18.2 Å². The number of hydrogen-bond donors (Lipinski definition) is 0. The number of aromatic nitrogens is 2. The van der Waals surface area contributed by atoms with Crippen molar-refractivity contribution in [1.29, 1.82) is 0 Å². The highest BCUT2D eigenvalue weighted by molar-refractivity contribution is 7.99. The molecule has 114 valence electrons. The molecule has 1 aromatic heterocycles. The van der Waals surface area contributed by atoms with Crippen molar-refractivity contribution in [2.24, 2.45) is 0 Å². The fraction of sp³-hybridized carbons (Fsp3) is 0.312. The van der Waals surface area contributed by atoms with Crippen molar-refractivity contribution in [3.63, 3.8) is 0 Å². The van der Waals surface area contributed by atoms with Crippen molar-refractivity contribution < 1.29 is 14.3 Å². The summed E-state index contributed by atoms with van der Waals surface area (Å²) in [4.78, 5) is 20.9. The molecule has 2 heterocycles. The van der Waals surface area contributed by atoms with Gasteiger partial charge in [0.25, 0.3) is 0 Å². The molecule has 1 aliphatic heterocycles. The van der Waals surface area contributed by atoms with Gasteiger partial charge in [0.05, 0.1) is 5.75 Å². The van der Waals surface area contributed by atoms with E-state index in [1.807, 2.05) is 19.9 Å². The minimum Gasteiger partial charge on any atom is -0.486 e. The van der Waals surface area contributed by atoms with Crippen LogP contribution in [-0.4, -0.2) is 34.7 Å². The van der Waals surface area contributed by atoms with E-state index >= 15 is 0 Å². The minimum atomic E-state index is 0.0379. The van der Waals surface area contributed by atoms with Gasteiger partial charge in [0.15, 0.2) is 17.3 Å². The van der Waals surface area contributed by atoms with Crippen LogP contribution in [0.1, 0.15) is 21.9 Å². The molecule has 0 unspecified atom stereocenters. The number of carbonyl (C=O) groups excluding carboxylic acids is 1. The number of aryl methyl sites for hydroxylation is 2. The van der Waals surface area contributed by atoms with Crippen molar-refractivity contribution in [3.05, 3.63) is 41.3 Å². The number of benzene rings is 1. The summed E-state index contributed by atoms with van der Waals surface area (Å²) >= 11 is 1.42. The number of hydrogen-bond acceptors (Lipinski definition) is 6. The minimum absolute atomic E-state index is 0.0379. The molecular weight excluding hydrogens is 300 g/mol. The molecule has 5 nitrogen and oxygen atoms in total. The van der Waals surface area contributed by atoms with Crippen LogP contribution in [0.3, 0.4) is 0 Å². The number of carbonyl (C=O) groups is 1. The van der Waals surface area contributed by atoms with Gasteiger partial charge >= 0.3 is 0 Å². The monoisotopic (exact) mass is 316 g/mol. The smallest absolute Gasteiger partial charge is 0.173 e. The van der Waals surface area contributed by atoms with Crippen LogP contribution in [0.4, 0.5) is 0 Å². The Labute approximate surface area is 133 Å². The Morgan fingerprint density at radius 3 is 2.68 bits per heavy atom. The largest absolute Gasteiger partial charge is 0.486 e. The molecule has 0 aliphatic carbocycles. The van der Waals surface area contributed by atoms with Gasteiger partial charge in [-0.15, -0.1) is 0 Å². The standard InChI is InChI=1S/C16H16N2O3S/c1-10-7-16(18-11(2)17-10)22-9-13(19)12-3-4-14-15(8-12)21-6-5-20-14/h3-4,7-8H,5-6,9H2,1-2H3. The highest BCUT2D eigenvalue weighted by Gasteiger charge is 2.15. The molecule has 1 aliphatic rings. The van der Waals surface area contributed by atoms with Crippen molar-refractivity contribution in [3.8, 4) is 11.5 Å². The number of ether oxygens (including phenoxy) is 2. The highest BCUT2D eigenvalue weighted by atomic mass is 32.2. The van der Waals surface area contributed by atoms with Gasteiger partial charge in [0.1, 0.15) is 24.1 Å². The van der Waals surface area contributed by atoms with Gasteiger partial charge in [0, 0.05) is 11.3 Å². The number of rotatable bonds is 4. The number of Topliss-reactive ketones (excluding diaryl/α,β-unsaturated/α-hetero) is 1. The summed E-state index contributed by atoms with van der Waals surface area (Å²) < 4.78 is 11.0. The molecule has 0 spiro atoms. The summed E-state index contributed by atoms with van der Waals surface area (Å²) in [5, 5.41) is 0.816. The zero-order chi connectivity index (χ0) is 15.5. The third-order valence-electron chi connectivity index (χ3n) is 3.16. The summed E-state index contributed by atoms with van der Waals surface area (Å²) in [5.74, 6) is 2.41. The lowest BCUT2D eigenvalue weighted by Gasteiger charge is -2.18. The van der Waals surface area contributed by atoms with Gasteiger partial charge in [-0.05, 0) is 38.1 Å². The molecule has 0 bridgehead atoms. The topological polar surface area (TPSA) is 61.3 Å². The molecule has 2 aromatic rings. The van der Waals surface area contributed by atoms with Crippen LogP contribution in [0, 0.1) is 13.8 Å². The summed E-state index contributed by atoms with van der Waals surface area (Å²) in [6, 6.07) is 7.18. The SMILES string of the molecule is Cc1cc(SCC(=O)c2ccc3c(c2)OCCO3)nc(C)n1. The summed E-state index contributed by atoms with van der Waals surface area (Å²) in [6.07, 6.45) is 0. The number of thioether (sulfide) groups is 1. The van der Waals surface area contributed by atoms with E-state index in [0.717, 1.165) is 10.7 Å². The Kier molecular flexibility index (Phi) is 4.29. The van der Waals surface area contributed by atoms with Gasteiger partial charge < -0.3 is 9.47 Å². The van der Waals surface area contributed by atoms with Crippen molar-refractivity contribution in [2.45, 2.75) is 18.9 Å². The quantitative estimate of drug-likeness (QED) is 0.491. The highest BCUT2D eigenvalue weighted by Crippen LogP contribution is 2.31. The lowest BCUT2D eigenvalue weighted by Crippen LogP contribution is -2.16. The fourth-order valence-electron chi connectivity index (χ4n) is 2.20. The maximum Gasteiger partial charge on any atom is 0.173 e. The molecular formula is C16H16N2O3S. The van der Waals surface area contributed by atoms with Crippen molar-refractivity contribution in [1.82, 2.24) is 9.97 Å². The predicted molar refractivity (Wildman–Crippen MR) is 84.0 cm³/mol. The van der Waals surface area contributed by atoms with E-state index in [4.69, 9.17) is 9.47 Å². The number of ketones is 1. The first kappa shape index (κ1) is 14.8. The second-order valence-electron chi connectivity index (χ2n) is 4.97. The van der Waals surface area contributed by atoms with E-state index < -0.39 is 0 Å². The molecule has 0 amide bonds. The van der Waals surface area contributed by atoms with E-state index in [2.05, 4.69) is 9.97 Å². The maximum atomic E-state index is 12.3. The lowest BCUT2D eigenvalue weighted by molar-refractivity contribution is 0.102. The molecule has 0 radical (unpaired) electrons. The number of nitrogens with zero attached hydrogens (tertiary/aromatic N) is 2. The normalized spacial score (nSPS) is 13.0. The van der Waals surface area contributed by atoms with Crippen LogP contribution in [0.15, 0.2) is 29.3 Å². The third kappa shape index (κ3) is 3.39. The van der Waals surface area contributed by atoms with Crippen LogP contribution >= 0.6 is 11.8 Å². The number of fused-ring (bicyclic) bond motifs is 1. The molecule has 0 fully saturated rings. The van der Waals surface area contributed by atoms with Gasteiger partial charge in [-0.2, -0.15) is 0 Å². The van der Waals surface area contributed by atoms with Crippen molar-refractivity contribution in [2.75, 3.05) is 19.0 Å². The Morgan fingerprint density at radius 2 is 1.91 bits per heavy atom. The van der Waals surface area contributed by atoms with Gasteiger partial charge in [-0.3, -0.25) is 4.79 Å².